The fraction of sp³-hybridized carbons (Fsp3) is 0.302. The molecule has 14 nitrogen and oxygen atoms in total. The van der Waals surface area contributed by atoms with Crippen LogP contribution in [-0.4, -0.2) is 75.4 Å². The molecule has 2 fully saturated rings. The first-order valence-corrected chi connectivity index (χ1v) is 20.2. The number of fused-ring (bicyclic) bond motifs is 2. The van der Waals surface area contributed by atoms with Gasteiger partial charge >= 0.3 is 5.69 Å². The van der Waals surface area contributed by atoms with Gasteiger partial charge in [0, 0.05) is 83.8 Å². The minimum absolute atomic E-state index is 0.0276. The van der Waals surface area contributed by atoms with Crippen LogP contribution in [0.15, 0.2) is 94.3 Å². The highest BCUT2D eigenvalue weighted by molar-refractivity contribution is 6.37. The molecule has 0 aliphatic carbocycles. The smallest absolute Gasteiger partial charge is 0.333 e. The van der Waals surface area contributed by atoms with Crippen molar-refractivity contribution in [2.45, 2.75) is 51.4 Å². The molecule has 2 aromatic carbocycles. The van der Waals surface area contributed by atoms with Crippen molar-refractivity contribution < 1.29 is 19.2 Å². The van der Waals surface area contributed by atoms with Crippen LogP contribution in [-0.2, 0) is 9.47 Å². The Morgan fingerprint density at radius 1 is 0.847 bits per heavy atom. The number of ketones is 1. The topological polar surface area (TPSA) is 182 Å². The third kappa shape index (κ3) is 8.53. The molecule has 3 N–H and O–H groups in total. The molecule has 7 heterocycles. The van der Waals surface area contributed by atoms with Crippen LogP contribution >= 0.6 is 23.2 Å². The van der Waals surface area contributed by atoms with Crippen molar-refractivity contribution in [1.29, 1.82) is 0 Å². The van der Waals surface area contributed by atoms with Gasteiger partial charge < -0.3 is 20.1 Å². The number of amidine groups is 1. The number of carbonyl (C=O) groups excluding carboxylic acids is 1. The number of H-pyrrole nitrogens is 1. The van der Waals surface area contributed by atoms with Gasteiger partial charge in [-0.25, -0.2) is 4.99 Å². The van der Waals surface area contributed by atoms with Crippen molar-refractivity contribution in [2.24, 2.45) is 9.98 Å². The normalized spacial score (nSPS) is 16.7. The van der Waals surface area contributed by atoms with Gasteiger partial charge in [0.05, 0.1) is 39.1 Å². The molecule has 0 spiro atoms. The molecule has 0 radical (unpaired) electrons. The van der Waals surface area contributed by atoms with E-state index < -0.39 is 4.92 Å². The predicted molar refractivity (Wildman–Crippen MR) is 228 cm³/mol. The number of carbonyl (C=O) groups is 1. The highest BCUT2D eigenvalue weighted by Crippen LogP contribution is 2.36. The van der Waals surface area contributed by atoms with Crippen LogP contribution in [0.2, 0.25) is 10.0 Å². The Balaban J connectivity index is 0.000000165. The van der Waals surface area contributed by atoms with Crippen LogP contribution in [0.3, 0.4) is 0 Å². The zero-order valence-corrected chi connectivity index (χ0v) is 33.9. The molecule has 0 unspecified atom stereocenters. The average molecular weight is 835 g/mol. The number of aryl methyl sites for hydroxylation is 1. The molecule has 4 aliphatic rings. The second-order valence-corrected chi connectivity index (χ2v) is 15.5. The molecule has 0 bridgehead atoms. The van der Waals surface area contributed by atoms with Crippen molar-refractivity contribution >= 4 is 63.4 Å². The van der Waals surface area contributed by atoms with Crippen molar-refractivity contribution in [3.8, 4) is 0 Å². The number of aromatic amines is 1. The van der Waals surface area contributed by atoms with Gasteiger partial charge in [0.15, 0.2) is 11.6 Å². The molecule has 0 amide bonds. The van der Waals surface area contributed by atoms with Crippen molar-refractivity contribution in [2.75, 3.05) is 43.6 Å². The second kappa shape index (κ2) is 17.6. The number of benzene rings is 2. The first kappa shape index (κ1) is 40.0. The Labute approximate surface area is 350 Å². The summed E-state index contributed by atoms with van der Waals surface area (Å²) in [7, 11) is 0. The lowest BCUT2D eigenvalue weighted by Crippen LogP contribution is -2.17. The number of hydrogen-bond acceptors (Lipinski definition) is 12. The number of anilines is 3. The summed E-state index contributed by atoms with van der Waals surface area (Å²) < 4.78 is 10.9. The van der Waals surface area contributed by atoms with Crippen LogP contribution in [0.25, 0.3) is 0 Å². The summed E-state index contributed by atoms with van der Waals surface area (Å²) in [6, 6.07) is 18.4. The van der Waals surface area contributed by atoms with E-state index in [1.165, 1.54) is 6.20 Å². The molecule has 0 saturated carbocycles. The molecule has 302 valence electrons. The van der Waals surface area contributed by atoms with Crippen molar-refractivity contribution in [1.82, 2.24) is 20.2 Å². The van der Waals surface area contributed by atoms with Gasteiger partial charge in [-0.3, -0.25) is 35.0 Å². The van der Waals surface area contributed by atoms with Crippen LogP contribution < -0.4 is 10.6 Å². The SMILES string of the molecule is CC1=C2N=C(c3ccccc3Cl)c3cnc(C4CCOCC4)cc3NC2=NC1.Cc1[nH]nc(Nc2cc(C3CCOCC3)ncc2C(=O)c2ccccc2Cl)c1[N+](=O)[O-]. The van der Waals surface area contributed by atoms with E-state index in [0.717, 1.165) is 89.9 Å². The first-order chi connectivity index (χ1) is 28.7. The minimum Gasteiger partial charge on any atom is -0.381 e. The van der Waals surface area contributed by atoms with E-state index in [2.05, 4.69) is 43.8 Å². The molecule has 59 heavy (non-hydrogen) atoms. The number of rotatable bonds is 8. The van der Waals surface area contributed by atoms with Gasteiger partial charge in [0.25, 0.3) is 0 Å². The van der Waals surface area contributed by atoms with Gasteiger partial charge in [-0.1, -0.05) is 53.5 Å². The number of halogens is 2. The summed E-state index contributed by atoms with van der Waals surface area (Å²) in [6.07, 6.45) is 7.04. The van der Waals surface area contributed by atoms with Crippen LogP contribution in [0, 0.1) is 17.0 Å². The Morgan fingerprint density at radius 3 is 2.17 bits per heavy atom. The summed E-state index contributed by atoms with van der Waals surface area (Å²) in [5, 5.41) is 25.6. The number of hydrogen-bond donors (Lipinski definition) is 3. The Hall–Kier alpha value is -5.80. The van der Waals surface area contributed by atoms with Crippen molar-refractivity contribution in [3.05, 3.63) is 144 Å². The molecule has 3 aromatic heterocycles. The zero-order valence-electron chi connectivity index (χ0n) is 32.4. The molecule has 2 saturated heterocycles. The zero-order chi connectivity index (χ0) is 41.0. The van der Waals surface area contributed by atoms with E-state index in [9.17, 15) is 14.9 Å². The van der Waals surface area contributed by atoms with Gasteiger partial charge in [0.1, 0.15) is 11.4 Å². The molecule has 5 aromatic rings. The minimum atomic E-state index is -0.517. The number of nitrogens with zero attached hydrogens (tertiary/aromatic N) is 6. The lowest BCUT2D eigenvalue weighted by atomic mass is 9.94. The fourth-order valence-corrected chi connectivity index (χ4v) is 8.01. The van der Waals surface area contributed by atoms with Crippen molar-refractivity contribution in [3.63, 3.8) is 0 Å². The Bertz CT molecular complexity index is 2520. The number of ether oxygens (including phenoxy) is 2. The highest BCUT2D eigenvalue weighted by Gasteiger charge is 2.29. The van der Waals surface area contributed by atoms with E-state index in [0.29, 0.717) is 52.7 Å². The third-order valence-corrected chi connectivity index (χ3v) is 11.5. The number of nitrogens with one attached hydrogen (secondary N) is 3. The van der Waals surface area contributed by atoms with Gasteiger partial charge in [-0.05, 0) is 75.4 Å². The quantitative estimate of drug-likeness (QED) is 0.0775. The number of pyridine rings is 2. The Kier molecular flexibility index (Phi) is 11.9. The van der Waals surface area contributed by atoms with Gasteiger partial charge in [0.2, 0.25) is 5.82 Å². The van der Waals surface area contributed by atoms with Gasteiger partial charge in [-0.15, -0.1) is 5.10 Å². The van der Waals surface area contributed by atoms with E-state index >= 15 is 0 Å². The van der Waals surface area contributed by atoms with Gasteiger partial charge in [-0.2, -0.15) is 0 Å². The van der Waals surface area contributed by atoms with Crippen LogP contribution in [0.4, 0.5) is 22.9 Å². The molecule has 4 aliphatic heterocycles. The maximum Gasteiger partial charge on any atom is 0.333 e. The standard InChI is InChI=1S/C22H21ClN4O.C21H20ClN5O4/c1-13-11-25-22-20(13)27-21(15-4-2-3-5-17(15)23)16-12-24-18(10-19(16)26-22)14-6-8-28-9-7-14;1-12-19(27(29)30)21(26-25-12)24-18-10-17(13-6-8-31-9-7-13)23-11-15(18)20(28)14-4-2-3-5-16(14)22/h2-5,10,12,14H,6-9,11H2,1H3,(H,25,26);2-5,10-11,13H,6-9H2,1H3,(H2,23,24,25,26). The molecule has 0 atom stereocenters. The molecular weight excluding hydrogens is 793 g/mol. The molecule has 9 rings (SSSR count). The largest absolute Gasteiger partial charge is 0.381 e. The third-order valence-electron chi connectivity index (χ3n) is 10.8. The van der Waals surface area contributed by atoms with E-state index in [4.69, 9.17) is 42.7 Å². The second-order valence-electron chi connectivity index (χ2n) is 14.7. The van der Waals surface area contributed by atoms with E-state index in [1.54, 1.807) is 37.3 Å². The lowest BCUT2D eigenvalue weighted by molar-refractivity contribution is -0.384. The summed E-state index contributed by atoms with van der Waals surface area (Å²) in [5.41, 5.74) is 8.69. The molecule has 16 heteroatoms. The number of aromatic nitrogens is 4. The Morgan fingerprint density at radius 2 is 1.49 bits per heavy atom. The fourth-order valence-electron chi connectivity index (χ4n) is 7.56. The van der Waals surface area contributed by atoms with Crippen LogP contribution in [0.1, 0.15) is 88.6 Å². The number of nitro groups is 1. The van der Waals surface area contributed by atoms with Crippen LogP contribution in [0.5, 0.6) is 0 Å². The maximum atomic E-state index is 13.2. The lowest BCUT2D eigenvalue weighted by Gasteiger charge is -2.22. The molecular formula is C43H41Cl2N9O5. The average Bonchev–Trinajstić information content (AvgIpc) is 3.75. The first-order valence-electron chi connectivity index (χ1n) is 19.4. The van der Waals surface area contributed by atoms with E-state index in [1.807, 2.05) is 30.5 Å². The highest BCUT2D eigenvalue weighted by atomic mass is 35.5. The summed E-state index contributed by atoms with van der Waals surface area (Å²) in [6.45, 7) is 7.17. The monoisotopic (exact) mass is 833 g/mol. The summed E-state index contributed by atoms with van der Waals surface area (Å²) >= 11 is 12.8. The number of aliphatic imine (C=N–C) groups is 2. The predicted octanol–water partition coefficient (Wildman–Crippen LogP) is 9.12. The van der Waals surface area contributed by atoms with E-state index in [-0.39, 0.29) is 28.8 Å². The summed E-state index contributed by atoms with van der Waals surface area (Å²) in [4.78, 5) is 43.2. The summed E-state index contributed by atoms with van der Waals surface area (Å²) in [5.74, 6) is 1.11. The maximum absolute atomic E-state index is 13.2.